The van der Waals surface area contributed by atoms with Crippen LogP contribution in [0.15, 0.2) is 52.1 Å². The molecule has 1 amide bonds. The third-order valence-corrected chi connectivity index (χ3v) is 5.59. The molecule has 1 aromatic heterocycles. The van der Waals surface area contributed by atoms with E-state index in [-0.39, 0.29) is 11.9 Å². The molecule has 1 unspecified atom stereocenters. The Kier molecular flexibility index (Phi) is 7.90. The first kappa shape index (κ1) is 21.9. The van der Waals surface area contributed by atoms with Crippen molar-refractivity contribution in [1.82, 2.24) is 15.5 Å². The van der Waals surface area contributed by atoms with Crippen LogP contribution in [-0.2, 0) is 11.3 Å². The van der Waals surface area contributed by atoms with Gasteiger partial charge in [0.1, 0.15) is 5.76 Å². The van der Waals surface area contributed by atoms with Crippen molar-refractivity contribution in [2.45, 2.75) is 39.3 Å². The molecule has 0 saturated carbocycles. The summed E-state index contributed by atoms with van der Waals surface area (Å²) in [5.74, 6) is 1.91. The molecule has 1 aliphatic heterocycles. The van der Waals surface area contributed by atoms with Crippen molar-refractivity contribution in [2.75, 3.05) is 38.1 Å². The zero-order chi connectivity index (χ0) is 21.3. The third kappa shape index (κ3) is 5.42. The van der Waals surface area contributed by atoms with Gasteiger partial charge in [-0.05, 0) is 49.3 Å². The lowest BCUT2D eigenvalue weighted by Gasteiger charge is -2.28. The first-order valence-corrected chi connectivity index (χ1v) is 10.8. The molecule has 0 radical (unpaired) electrons. The van der Waals surface area contributed by atoms with Crippen molar-refractivity contribution in [2.24, 2.45) is 4.99 Å². The van der Waals surface area contributed by atoms with Gasteiger partial charge in [0, 0.05) is 38.8 Å². The molecule has 30 heavy (non-hydrogen) atoms. The van der Waals surface area contributed by atoms with Gasteiger partial charge in [-0.15, -0.1) is 0 Å². The minimum Gasteiger partial charge on any atom is -0.468 e. The summed E-state index contributed by atoms with van der Waals surface area (Å²) < 4.78 is 5.67. The predicted octanol–water partition coefficient (Wildman–Crippen LogP) is 3.15. The summed E-state index contributed by atoms with van der Waals surface area (Å²) in [6.07, 6.45) is 3.31. The Hall–Kier alpha value is -2.80. The summed E-state index contributed by atoms with van der Waals surface area (Å²) in [5, 5.41) is 6.79. The van der Waals surface area contributed by atoms with Gasteiger partial charge in [-0.25, -0.2) is 0 Å². The van der Waals surface area contributed by atoms with Crippen molar-refractivity contribution >= 4 is 17.6 Å². The standard InChI is InChI=1S/C23H33N5O2/c1-4-27(5-2)20(21-8-7-15-30-21)17-26-23(24-3)25-16-18-10-12-19(13-11-18)28-14-6-9-22(28)29/h7-8,10-13,15,20H,4-6,9,14,16-17H2,1-3H3,(H2,24,25,26). The maximum atomic E-state index is 11.9. The Labute approximate surface area is 179 Å². The van der Waals surface area contributed by atoms with Crippen LogP contribution in [0.1, 0.15) is 44.1 Å². The number of anilines is 1. The van der Waals surface area contributed by atoms with Gasteiger partial charge in [-0.1, -0.05) is 26.0 Å². The van der Waals surface area contributed by atoms with E-state index in [1.807, 2.05) is 29.2 Å². The lowest BCUT2D eigenvalue weighted by molar-refractivity contribution is -0.117. The van der Waals surface area contributed by atoms with Gasteiger partial charge in [0.05, 0.1) is 12.3 Å². The second-order valence-electron chi connectivity index (χ2n) is 7.37. The Bertz CT molecular complexity index is 813. The van der Waals surface area contributed by atoms with Crippen LogP contribution in [-0.4, -0.2) is 50.0 Å². The molecule has 1 aliphatic rings. The molecule has 162 valence electrons. The van der Waals surface area contributed by atoms with Crippen LogP contribution in [0.3, 0.4) is 0 Å². The number of rotatable bonds is 9. The van der Waals surface area contributed by atoms with Crippen LogP contribution in [0.25, 0.3) is 0 Å². The van der Waals surface area contributed by atoms with E-state index in [9.17, 15) is 4.79 Å². The highest BCUT2D eigenvalue weighted by atomic mass is 16.3. The minimum absolute atomic E-state index is 0.144. The average molecular weight is 412 g/mol. The first-order valence-electron chi connectivity index (χ1n) is 10.8. The number of nitrogens with zero attached hydrogens (tertiary/aromatic N) is 3. The first-order chi connectivity index (χ1) is 14.7. The lowest BCUT2D eigenvalue weighted by atomic mass is 10.2. The Morgan fingerprint density at radius 3 is 2.53 bits per heavy atom. The number of amides is 1. The van der Waals surface area contributed by atoms with Crippen LogP contribution < -0.4 is 15.5 Å². The number of carbonyl (C=O) groups is 1. The van der Waals surface area contributed by atoms with Crippen LogP contribution in [0.2, 0.25) is 0 Å². The Morgan fingerprint density at radius 1 is 1.20 bits per heavy atom. The highest BCUT2D eigenvalue weighted by Gasteiger charge is 2.22. The van der Waals surface area contributed by atoms with Gasteiger partial charge in [0.25, 0.3) is 0 Å². The van der Waals surface area contributed by atoms with Crippen molar-refractivity contribution in [3.63, 3.8) is 0 Å². The molecule has 0 aliphatic carbocycles. The molecule has 3 rings (SSSR count). The number of hydrogen-bond acceptors (Lipinski definition) is 4. The van der Waals surface area contributed by atoms with E-state index in [1.54, 1.807) is 13.3 Å². The van der Waals surface area contributed by atoms with Gasteiger partial charge in [0.15, 0.2) is 5.96 Å². The van der Waals surface area contributed by atoms with Crippen LogP contribution in [0.4, 0.5) is 5.69 Å². The molecule has 1 atom stereocenters. The van der Waals surface area contributed by atoms with Crippen LogP contribution in [0, 0.1) is 0 Å². The van der Waals surface area contributed by atoms with E-state index in [0.717, 1.165) is 49.0 Å². The van der Waals surface area contributed by atoms with E-state index in [0.29, 0.717) is 19.5 Å². The molecular weight excluding hydrogens is 378 g/mol. The summed E-state index contributed by atoms with van der Waals surface area (Å²) in [4.78, 5) is 20.5. The van der Waals surface area contributed by atoms with E-state index >= 15 is 0 Å². The Balaban J connectivity index is 1.54. The summed E-state index contributed by atoms with van der Waals surface area (Å²) in [6.45, 7) is 8.38. The maximum Gasteiger partial charge on any atom is 0.227 e. The fraction of sp³-hybridized carbons (Fsp3) is 0.478. The van der Waals surface area contributed by atoms with Crippen LogP contribution in [0.5, 0.6) is 0 Å². The molecule has 2 aromatic rings. The smallest absolute Gasteiger partial charge is 0.227 e. The number of benzene rings is 1. The fourth-order valence-corrected chi connectivity index (χ4v) is 3.87. The maximum absolute atomic E-state index is 11.9. The van der Waals surface area contributed by atoms with Crippen molar-refractivity contribution in [1.29, 1.82) is 0 Å². The zero-order valence-corrected chi connectivity index (χ0v) is 18.2. The number of hydrogen-bond donors (Lipinski definition) is 2. The number of carbonyl (C=O) groups excluding carboxylic acids is 1. The number of guanidine groups is 1. The van der Waals surface area contributed by atoms with Gasteiger partial charge >= 0.3 is 0 Å². The molecule has 7 heteroatoms. The van der Waals surface area contributed by atoms with Crippen LogP contribution >= 0.6 is 0 Å². The molecule has 1 fully saturated rings. The number of furan rings is 1. The second-order valence-corrected chi connectivity index (χ2v) is 7.37. The van der Waals surface area contributed by atoms with Gasteiger partial charge < -0.3 is 20.0 Å². The Morgan fingerprint density at radius 2 is 1.97 bits per heavy atom. The molecule has 2 heterocycles. The van der Waals surface area contributed by atoms with E-state index in [2.05, 4.69) is 46.5 Å². The second kappa shape index (κ2) is 10.8. The van der Waals surface area contributed by atoms with Crippen molar-refractivity contribution in [3.05, 3.63) is 54.0 Å². The summed E-state index contributed by atoms with van der Waals surface area (Å²) in [7, 11) is 1.77. The van der Waals surface area contributed by atoms with Gasteiger partial charge in [0.2, 0.25) is 5.91 Å². The van der Waals surface area contributed by atoms with Crippen molar-refractivity contribution < 1.29 is 9.21 Å². The van der Waals surface area contributed by atoms with E-state index in [4.69, 9.17) is 4.42 Å². The summed E-state index contributed by atoms with van der Waals surface area (Å²) >= 11 is 0. The molecule has 2 N–H and O–H groups in total. The average Bonchev–Trinajstić information content (AvgIpc) is 3.45. The molecule has 1 saturated heterocycles. The normalized spacial score (nSPS) is 15.7. The van der Waals surface area contributed by atoms with Gasteiger partial charge in [-0.2, -0.15) is 0 Å². The summed E-state index contributed by atoms with van der Waals surface area (Å²) in [5.41, 5.74) is 2.11. The molecule has 0 bridgehead atoms. The molecule has 1 aromatic carbocycles. The zero-order valence-electron chi connectivity index (χ0n) is 18.2. The quantitative estimate of drug-likeness (QED) is 0.490. The topological polar surface area (TPSA) is 73.1 Å². The highest BCUT2D eigenvalue weighted by Crippen LogP contribution is 2.22. The predicted molar refractivity (Wildman–Crippen MR) is 121 cm³/mol. The molecule has 7 nitrogen and oxygen atoms in total. The highest BCUT2D eigenvalue weighted by molar-refractivity contribution is 5.95. The van der Waals surface area contributed by atoms with Gasteiger partial charge in [-0.3, -0.25) is 14.7 Å². The largest absolute Gasteiger partial charge is 0.468 e. The molecular formula is C23H33N5O2. The lowest BCUT2D eigenvalue weighted by Crippen LogP contribution is -2.42. The summed E-state index contributed by atoms with van der Waals surface area (Å²) in [6, 6.07) is 12.2. The number of aliphatic imine (C=N–C) groups is 1. The monoisotopic (exact) mass is 411 g/mol. The minimum atomic E-state index is 0.144. The third-order valence-electron chi connectivity index (χ3n) is 5.59. The number of likely N-dealkylation sites (N-methyl/N-ethyl adjacent to an activating group) is 1. The fourth-order valence-electron chi connectivity index (χ4n) is 3.87. The number of nitrogens with one attached hydrogen (secondary N) is 2. The SMILES string of the molecule is CCN(CC)C(CNC(=NC)NCc1ccc(N2CCCC2=O)cc1)c1ccco1. The van der Waals surface area contributed by atoms with E-state index < -0.39 is 0 Å². The van der Waals surface area contributed by atoms with E-state index in [1.165, 1.54) is 0 Å². The molecule has 0 spiro atoms. The van der Waals surface area contributed by atoms with Crippen molar-refractivity contribution in [3.8, 4) is 0 Å².